The van der Waals surface area contributed by atoms with Crippen LogP contribution in [0.5, 0.6) is 5.75 Å². The van der Waals surface area contributed by atoms with Crippen LogP contribution in [0.2, 0.25) is 0 Å². The third-order valence-corrected chi connectivity index (χ3v) is 3.09. The van der Waals surface area contributed by atoms with Crippen LogP contribution in [0.3, 0.4) is 0 Å². The van der Waals surface area contributed by atoms with Crippen molar-refractivity contribution in [3.8, 4) is 17.2 Å². The summed E-state index contributed by atoms with van der Waals surface area (Å²) in [6.45, 7) is 8.49. The van der Waals surface area contributed by atoms with Gasteiger partial charge in [-0.3, -0.25) is 0 Å². The summed E-state index contributed by atoms with van der Waals surface area (Å²) >= 11 is 0. The molecule has 0 aliphatic rings. The maximum Gasteiger partial charge on any atom is 0.258 e. The summed E-state index contributed by atoms with van der Waals surface area (Å²) in [4.78, 5) is 4.41. The van der Waals surface area contributed by atoms with Crippen LogP contribution in [0.4, 0.5) is 0 Å². The van der Waals surface area contributed by atoms with Crippen molar-refractivity contribution in [1.82, 2.24) is 10.1 Å². The van der Waals surface area contributed by atoms with Crippen molar-refractivity contribution in [2.45, 2.75) is 33.8 Å². The van der Waals surface area contributed by atoms with Crippen LogP contribution in [0.1, 0.15) is 38.3 Å². The highest BCUT2D eigenvalue weighted by Gasteiger charge is 2.22. The van der Waals surface area contributed by atoms with Crippen molar-refractivity contribution in [3.63, 3.8) is 0 Å². The van der Waals surface area contributed by atoms with Gasteiger partial charge in [-0.15, -0.1) is 0 Å². The molecule has 5 heteroatoms. The van der Waals surface area contributed by atoms with E-state index in [4.69, 9.17) is 9.26 Å². The first-order valence-corrected chi connectivity index (χ1v) is 6.78. The SMILES string of the molecule is CCOC(c1noc(-c2ccc(O)c(C)c2)n1)C(C)C. The zero-order valence-corrected chi connectivity index (χ0v) is 12.3. The number of phenolic OH excluding ortho intramolecular Hbond substituents is 1. The molecule has 5 nitrogen and oxygen atoms in total. The van der Waals surface area contributed by atoms with E-state index in [0.29, 0.717) is 18.3 Å². The monoisotopic (exact) mass is 276 g/mol. The van der Waals surface area contributed by atoms with Gasteiger partial charge in [0.2, 0.25) is 5.82 Å². The van der Waals surface area contributed by atoms with Crippen molar-refractivity contribution in [2.75, 3.05) is 6.61 Å². The molecule has 2 rings (SSSR count). The zero-order chi connectivity index (χ0) is 14.7. The largest absolute Gasteiger partial charge is 0.508 e. The number of aromatic hydroxyl groups is 1. The normalized spacial score (nSPS) is 12.8. The standard InChI is InChI=1S/C15H20N2O3/c1-5-19-13(9(2)3)14-16-15(20-17-14)11-6-7-12(18)10(4)8-11/h6-9,13,18H,5H2,1-4H3. The maximum atomic E-state index is 9.54. The highest BCUT2D eigenvalue weighted by molar-refractivity contribution is 5.56. The molecule has 0 saturated heterocycles. The average Bonchev–Trinajstić information content (AvgIpc) is 2.88. The van der Waals surface area contributed by atoms with Crippen LogP contribution in [0.25, 0.3) is 11.5 Å². The Labute approximate surface area is 118 Å². The molecule has 0 saturated carbocycles. The van der Waals surface area contributed by atoms with Gasteiger partial charge in [-0.1, -0.05) is 19.0 Å². The van der Waals surface area contributed by atoms with Gasteiger partial charge in [0, 0.05) is 12.2 Å². The van der Waals surface area contributed by atoms with Crippen molar-refractivity contribution in [3.05, 3.63) is 29.6 Å². The second-order valence-corrected chi connectivity index (χ2v) is 5.08. The van der Waals surface area contributed by atoms with Gasteiger partial charge in [0.15, 0.2) is 0 Å². The second-order valence-electron chi connectivity index (χ2n) is 5.08. The van der Waals surface area contributed by atoms with Gasteiger partial charge >= 0.3 is 0 Å². The van der Waals surface area contributed by atoms with Gasteiger partial charge in [0.25, 0.3) is 5.89 Å². The molecular formula is C15H20N2O3. The van der Waals surface area contributed by atoms with Crippen molar-refractivity contribution in [1.29, 1.82) is 0 Å². The topological polar surface area (TPSA) is 68.4 Å². The number of benzene rings is 1. The number of hydrogen-bond acceptors (Lipinski definition) is 5. The molecule has 0 spiro atoms. The van der Waals surface area contributed by atoms with Gasteiger partial charge in [-0.25, -0.2) is 0 Å². The fraction of sp³-hybridized carbons (Fsp3) is 0.467. The molecule has 0 aliphatic heterocycles. The fourth-order valence-corrected chi connectivity index (χ4v) is 2.00. The molecule has 1 unspecified atom stereocenters. The van der Waals surface area contributed by atoms with E-state index in [2.05, 4.69) is 24.0 Å². The number of rotatable bonds is 5. The first kappa shape index (κ1) is 14.5. The van der Waals surface area contributed by atoms with E-state index in [-0.39, 0.29) is 17.8 Å². The maximum absolute atomic E-state index is 9.54. The lowest BCUT2D eigenvalue weighted by molar-refractivity contribution is 0.0217. The van der Waals surface area contributed by atoms with E-state index < -0.39 is 0 Å². The minimum Gasteiger partial charge on any atom is -0.508 e. The Kier molecular flexibility index (Phi) is 4.39. The highest BCUT2D eigenvalue weighted by Crippen LogP contribution is 2.28. The molecule has 1 aromatic carbocycles. The summed E-state index contributed by atoms with van der Waals surface area (Å²) in [5, 5.41) is 13.6. The minimum absolute atomic E-state index is 0.171. The summed E-state index contributed by atoms with van der Waals surface area (Å²) in [6.07, 6.45) is -0.171. The molecule has 0 bridgehead atoms. The number of aryl methyl sites for hydroxylation is 1. The van der Waals surface area contributed by atoms with Crippen LogP contribution in [-0.2, 0) is 4.74 Å². The Morgan fingerprint density at radius 2 is 2.10 bits per heavy atom. The van der Waals surface area contributed by atoms with Gasteiger partial charge in [0.05, 0.1) is 0 Å². The highest BCUT2D eigenvalue weighted by atomic mass is 16.5. The van der Waals surface area contributed by atoms with Gasteiger partial charge in [0.1, 0.15) is 11.9 Å². The molecule has 0 amide bonds. The summed E-state index contributed by atoms with van der Waals surface area (Å²) < 4.78 is 11.0. The fourth-order valence-electron chi connectivity index (χ4n) is 2.00. The lowest BCUT2D eigenvalue weighted by Gasteiger charge is -2.16. The van der Waals surface area contributed by atoms with Gasteiger partial charge in [-0.2, -0.15) is 4.98 Å². The third-order valence-electron chi connectivity index (χ3n) is 3.09. The second kappa shape index (κ2) is 6.05. The molecule has 2 aromatic rings. The molecule has 0 aliphatic carbocycles. The first-order chi connectivity index (χ1) is 9.52. The molecule has 0 radical (unpaired) electrons. The van der Waals surface area contributed by atoms with E-state index in [9.17, 15) is 5.11 Å². The molecule has 1 heterocycles. The van der Waals surface area contributed by atoms with Crippen LogP contribution in [-0.4, -0.2) is 21.9 Å². The van der Waals surface area contributed by atoms with Crippen LogP contribution in [0, 0.1) is 12.8 Å². The van der Waals surface area contributed by atoms with Crippen LogP contribution < -0.4 is 0 Å². The molecule has 0 fully saturated rings. The molecular weight excluding hydrogens is 256 g/mol. The molecule has 20 heavy (non-hydrogen) atoms. The Balaban J connectivity index is 2.29. The number of ether oxygens (including phenoxy) is 1. The van der Waals surface area contributed by atoms with Crippen LogP contribution in [0.15, 0.2) is 22.7 Å². The smallest absolute Gasteiger partial charge is 0.258 e. The van der Waals surface area contributed by atoms with E-state index in [1.54, 1.807) is 12.1 Å². The Morgan fingerprint density at radius 1 is 1.35 bits per heavy atom. The molecule has 1 aromatic heterocycles. The lowest BCUT2D eigenvalue weighted by Crippen LogP contribution is -2.12. The summed E-state index contributed by atoms with van der Waals surface area (Å²) in [7, 11) is 0. The summed E-state index contributed by atoms with van der Waals surface area (Å²) in [5.41, 5.74) is 1.56. The summed E-state index contributed by atoms with van der Waals surface area (Å²) in [6, 6.07) is 5.19. The quantitative estimate of drug-likeness (QED) is 0.905. The van der Waals surface area contributed by atoms with Crippen molar-refractivity contribution < 1.29 is 14.4 Å². The number of hydrogen-bond donors (Lipinski definition) is 1. The van der Waals surface area contributed by atoms with Crippen LogP contribution >= 0.6 is 0 Å². The van der Waals surface area contributed by atoms with Crippen molar-refractivity contribution in [2.24, 2.45) is 5.92 Å². The third kappa shape index (κ3) is 2.99. The Bertz CT molecular complexity index is 578. The number of nitrogens with zero attached hydrogens (tertiary/aromatic N) is 2. The summed E-state index contributed by atoms with van der Waals surface area (Å²) in [5.74, 6) is 1.51. The first-order valence-electron chi connectivity index (χ1n) is 6.78. The number of phenols is 1. The predicted molar refractivity (Wildman–Crippen MR) is 75.3 cm³/mol. The minimum atomic E-state index is -0.171. The number of aromatic nitrogens is 2. The van der Waals surface area contributed by atoms with E-state index in [0.717, 1.165) is 11.1 Å². The van der Waals surface area contributed by atoms with Crippen molar-refractivity contribution >= 4 is 0 Å². The van der Waals surface area contributed by atoms with Gasteiger partial charge < -0.3 is 14.4 Å². The van der Waals surface area contributed by atoms with E-state index in [1.165, 1.54) is 0 Å². The molecule has 108 valence electrons. The van der Waals surface area contributed by atoms with Gasteiger partial charge in [-0.05, 0) is 43.5 Å². The van der Waals surface area contributed by atoms with E-state index >= 15 is 0 Å². The lowest BCUT2D eigenvalue weighted by atomic mass is 10.1. The average molecular weight is 276 g/mol. The van der Waals surface area contributed by atoms with E-state index in [1.807, 2.05) is 19.9 Å². The zero-order valence-electron chi connectivity index (χ0n) is 12.3. The Hall–Kier alpha value is -1.88. The molecule has 1 N–H and O–H groups in total. The molecule has 1 atom stereocenters. The Morgan fingerprint density at radius 3 is 2.70 bits per heavy atom. The predicted octanol–water partition coefficient (Wildman–Crippen LogP) is 3.48.